The molecular formula is C12H13FO3. The normalized spacial score (nSPS) is 16.9. The minimum Gasteiger partial charge on any atom is -0.494 e. The lowest BCUT2D eigenvalue weighted by Crippen LogP contribution is -2.20. The van der Waals surface area contributed by atoms with Gasteiger partial charge in [0.15, 0.2) is 17.3 Å². The van der Waals surface area contributed by atoms with Gasteiger partial charge in [-0.05, 0) is 31.0 Å². The van der Waals surface area contributed by atoms with Crippen molar-refractivity contribution in [1.29, 1.82) is 0 Å². The molecule has 0 radical (unpaired) electrons. The maximum atomic E-state index is 13.4. The van der Waals surface area contributed by atoms with Crippen LogP contribution in [0.1, 0.15) is 23.2 Å². The molecule has 0 heterocycles. The van der Waals surface area contributed by atoms with Gasteiger partial charge in [0.1, 0.15) is 0 Å². The number of halogens is 1. The Bertz CT molecular complexity index is 424. The third-order valence-electron chi connectivity index (χ3n) is 3.05. The van der Waals surface area contributed by atoms with Crippen molar-refractivity contribution in [3.05, 3.63) is 29.6 Å². The number of carbonyl (C=O) groups is 1. The van der Waals surface area contributed by atoms with Crippen molar-refractivity contribution in [2.24, 2.45) is 5.41 Å². The smallest absolute Gasteiger partial charge is 0.171 e. The molecule has 1 N–H and O–H groups in total. The van der Waals surface area contributed by atoms with E-state index < -0.39 is 11.2 Å². The average molecular weight is 224 g/mol. The van der Waals surface area contributed by atoms with Crippen LogP contribution in [0.3, 0.4) is 0 Å². The number of benzene rings is 1. The number of hydrogen-bond acceptors (Lipinski definition) is 3. The van der Waals surface area contributed by atoms with Crippen molar-refractivity contribution in [3.63, 3.8) is 0 Å². The first-order chi connectivity index (χ1) is 7.63. The van der Waals surface area contributed by atoms with Gasteiger partial charge in [-0.1, -0.05) is 0 Å². The van der Waals surface area contributed by atoms with Crippen LogP contribution in [0.15, 0.2) is 18.2 Å². The van der Waals surface area contributed by atoms with Gasteiger partial charge in [0.25, 0.3) is 0 Å². The largest absolute Gasteiger partial charge is 0.494 e. The summed E-state index contributed by atoms with van der Waals surface area (Å²) in [7, 11) is 1.37. The van der Waals surface area contributed by atoms with Crippen LogP contribution in [0.25, 0.3) is 0 Å². The molecule has 0 saturated heterocycles. The molecule has 0 atom stereocenters. The number of rotatable bonds is 4. The second-order valence-electron chi connectivity index (χ2n) is 4.12. The second-order valence-corrected chi connectivity index (χ2v) is 4.12. The first-order valence-electron chi connectivity index (χ1n) is 5.12. The summed E-state index contributed by atoms with van der Waals surface area (Å²) in [5.41, 5.74) is -0.356. The van der Waals surface area contributed by atoms with Gasteiger partial charge in [0, 0.05) is 5.56 Å². The number of Topliss-reactive ketones (excluding diaryl/α,β-unsaturated/α-hetero) is 1. The zero-order chi connectivity index (χ0) is 11.8. The molecule has 1 aromatic rings. The molecule has 1 saturated carbocycles. The number of aliphatic hydroxyl groups is 1. The van der Waals surface area contributed by atoms with Gasteiger partial charge in [-0.15, -0.1) is 0 Å². The van der Waals surface area contributed by atoms with Crippen LogP contribution in [0.2, 0.25) is 0 Å². The van der Waals surface area contributed by atoms with E-state index >= 15 is 0 Å². The van der Waals surface area contributed by atoms with E-state index in [0.29, 0.717) is 18.4 Å². The quantitative estimate of drug-likeness (QED) is 0.793. The monoisotopic (exact) mass is 224 g/mol. The van der Waals surface area contributed by atoms with E-state index in [1.165, 1.54) is 19.2 Å². The van der Waals surface area contributed by atoms with E-state index in [1.807, 2.05) is 0 Å². The summed E-state index contributed by atoms with van der Waals surface area (Å²) in [5.74, 6) is -0.621. The molecule has 2 rings (SSSR count). The van der Waals surface area contributed by atoms with Crippen molar-refractivity contribution in [1.82, 2.24) is 0 Å². The summed E-state index contributed by atoms with van der Waals surface area (Å²) in [5, 5.41) is 9.12. The Morgan fingerprint density at radius 1 is 1.56 bits per heavy atom. The molecule has 0 spiro atoms. The van der Waals surface area contributed by atoms with Gasteiger partial charge in [-0.3, -0.25) is 4.79 Å². The Morgan fingerprint density at radius 3 is 2.69 bits per heavy atom. The third kappa shape index (κ3) is 1.69. The molecule has 1 aliphatic rings. The fourth-order valence-electron chi connectivity index (χ4n) is 1.72. The minimum absolute atomic E-state index is 0.116. The third-order valence-corrected chi connectivity index (χ3v) is 3.05. The molecule has 0 unspecified atom stereocenters. The van der Waals surface area contributed by atoms with Crippen molar-refractivity contribution in [3.8, 4) is 5.75 Å². The Morgan fingerprint density at radius 2 is 2.25 bits per heavy atom. The fourth-order valence-corrected chi connectivity index (χ4v) is 1.72. The number of hydrogen-bond donors (Lipinski definition) is 1. The van der Waals surface area contributed by atoms with Gasteiger partial charge in [0.05, 0.1) is 19.1 Å². The highest BCUT2D eigenvalue weighted by atomic mass is 19.1. The lowest BCUT2D eigenvalue weighted by molar-refractivity contribution is 0.0829. The zero-order valence-corrected chi connectivity index (χ0v) is 9.00. The summed E-state index contributed by atoms with van der Waals surface area (Å²) >= 11 is 0. The summed E-state index contributed by atoms with van der Waals surface area (Å²) < 4.78 is 18.2. The molecule has 0 bridgehead atoms. The lowest BCUT2D eigenvalue weighted by Gasteiger charge is -2.11. The van der Waals surface area contributed by atoms with Crippen molar-refractivity contribution in [2.45, 2.75) is 12.8 Å². The van der Waals surface area contributed by atoms with Crippen LogP contribution >= 0.6 is 0 Å². The zero-order valence-electron chi connectivity index (χ0n) is 9.00. The first kappa shape index (κ1) is 11.1. The van der Waals surface area contributed by atoms with E-state index in [4.69, 9.17) is 9.84 Å². The molecule has 0 aliphatic heterocycles. The second kappa shape index (κ2) is 3.87. The Labute approximate surface area is 92.9 Å². The molecule has 86 valence electrons. The SMILES string of the molecule is COc1ccc(C(=O)C2(CO)CC2)cc1F. The van der Waals surface area contributed by atoms with Crippen LogP contribution in [-0.2, 0) is 0 Å². The van der Waals surface area contributed by atoms with Crippen molar-refractivity contribution < 1.29 is 19.0 Å². The highest BCUT2D eigenvalue weighted by Crippen LogP contribution is 2.47. The van der Waals surface area contributed by atoms with Gasteiger partial charge < -0.3 is 9.84 Å². The number of aliphatic hydroxyl groups excluding tert-OH is 1. The Kier molecular flexibility index (Phi) is 2.68. The van der Waals surface area contributed by atoms with E-state index in [1.54, 1.807) is 0 Å². The summed E-state index contributed by atoms with van der Waals surface area (Å²) in [6.07, 6.45) is 1.35. The highest BCUT2D eigenvalue weighted by Gasteiger charge is 2.49. The molecule has 1 fully saturated rings. The van der Waals surface area contributed by atoms with Crippen molar-refractivity contribution >= 4 is 5.78 Å². The first-order valence-corrected chi connectivity index (χ1v) is 5.12. The molecule has 0 amide bonds. The van der Waals surface area contributed by atoms with Gasteiger partial charge >= 0.3 is 0 Å². The van der Waals surface area contributed by atoms with Crippen LogP contribution in [0, 0.1) is 11.2 Å². The number of methoxy groups -OCH3 is 1. The Hall–Kier alpha value is -1.42. The molecule has 1 aromatic carbocycles. The average Bonchev–Trinajstić information content (AvgIpc) is 3.09. The maximum absolute atomic E-state index is 13.4. The standard InChI is InChI=1S/C12H13FO3/c1-16-10-3-2-8(6-9(10)13)11(15)12(7-14)4-5-12/h2-3,6,14H,4-5,7H2,1H3. The number of ketones is 1. The van der Waals surface area contributed by atoms with E-state index in [9.17, 15) is 9.18 Å². The maximum Gasteiger partial charge on any atom is 0.171 e. The summed E-state index contributed by atoms with van der Waals surface area (Å²) in [6.45, 7) is -0.167. The molecule has 16 heavy (non-hydrogen) atoms. The fraction of sp³-hybridized carbons (Fsp3) is 0.417. The van der Waals surface area contributed by atoms with Crippen LogP contribution in [0.4, 0.5) is 4.39 Å². The molecule has 1 aliphatic carbocycles. The van der Waals surface area contributed by atoms with E-state index in [-0.39, 0.29) is 18.1 Å². The highest BCUT2D eigenvalue weighted by molar-refractivity contribution is 6.02. The summed E-state index contributed by atoms with van der Waals surface area (Å²) in [6, 6.07) is 4.12. The summed E-state index contributed by atoms with van der Waals surface area (Å²) in [4.78, 5) is 11.9. The predicted octanol–water partition coefficient (Wildman–Crippen LogP) is 1.79. The molecular weight excluding hydrogens is 211 g/mol. The van der Waals surface area contributed by atoms with Crippen LogP contribution < -0.4 is 4.74 Å². The topological polar surface area (TPSA) is 46.5 Å². The minimum atomic E-state index is -0.652. The van der Waals surface area contributed by atoms with Gasteiger partial charge in [-0.25, -0.2) is 4.39 Å². The van der Waals surface area contributed by atoms with Crippen molar-refractivity contribution in [2.75, 3.05) is 13.7 Å². The van der Waals surface area contributed by atoms with Gasteiger partial charge in [-0.2, -0.15) is 0 Å². The predicted molar refractivity (Wildman–Crippen MR) is 56.0 cm³/mol. The molecule has 3 nitrogen and oxygen atoms in total. The number of ether oxygens (including phenoxy) is 1. The Balaban J connectivity index is 2.28. The lowest BCUT2D eigenvalue weighted by atomic mass is 9.95. The van der Waals surface area contributed by atoms with E-state index in [0.717, 1.165) is 6.07 Å². The number of carbonyl (C=O) groups excluding carboxylic acids is 1. The molecule has 0 aromatic heterocycles. The van der Waals surface area contributed by atoms with Crippen LogP contribution in [-0.4, -0.2) is 24.6 Å². The molecule has 4 heteroatoms. The van der Waals surface area contributed by atoms with Gasteiger partial charge in [0.2, 0.25) is 0 Å². The van der Waals surface area contributed by atoms with E-state index in [2.05, 4.69) is 0 Å². The van der Waals surface area contributed by atoms with Crippen LogP contribution in [0.5, 0.6) is 5.75 Å².